The van der Waals surface area contributed by atoms with Gasteiger partial charge >= 0.3 is 0 Å². The van der Waals surface area contributed by atoms with Crippen molar-refractivity contribution in [1.29, 1.82) is 0 Å². The van der Waals surface area contributed by atoms with Gasteiger partial charge in [-0.1, -0.05) is 32.3 Å². The minimum atomic E-state index is -0.534. The molecule has 2 atom stereocenters. The van der Waals surface area contributed by atoms with E-state index in [-0.39, 0.29) is 68.6 Å². The van der Waals surface area contributed by atoms with Crippen LogP contribution in [0.25, 0.3) is 10.4 Å². The van der Waals surface area contributed by atoms with Gasteiger partial charge in [-0.15, -0.1) is 0 Å². The topological polar surface area (TPSA) is 163 Å². The fourth-order valence-electron chi connectivity index (χ4n) is 3.12. The number of hydrogen-bond donors (Lipinski definition) is 3. The predicted molar refractivity (Wildman–Crippen MR) is 129 cm³/mol. The number of ether oxygens (including phenoxy) is 2. The van der Waals surface area contributed by atoms with E-state index < -0.39 is 5.92 Å². The predicted octanol–water partition coefficient (Wildman–Crippen LogP) is 2.17. The molecule has 11 nitrogen and oxygen atoms in total. The number of carbonyl (C=O) groups excluding carboxylic acids is 3. The average molecular weight is 488 g/mol. The SMILES string of the molecule is [3H]CCNCCCCC(CC(=O)COCC(=O)CCCOCCN=[N+]=[N-])C(=O)NC(CO)C(C)C. The molecule has 0 bridgehead atoms. The van der Waals surface area contributed by atoms with Crippen LogP contribution in [0.2, 0.25) is 0 Å². The molecule has 0 radical (unpaired) electrons. The second kappa shape index (κ2) is 21.5. The van der Waals surface area contributed by atoms with Gasteiger partial charge in [-0.05, 0) is 43.8 Å². The second-order valence-corrected chi connectivity index (χ2v) is 8.43. The van der Waals surface area contributed by atoms with Crippen molar-refractivity contribution in [2.75, 3.05) is 52.7 Å². The molecule has 0 spiro atoms. The van der Waals surface area contributed by atoms with Crippen LogP contribution in [0.4, 0.5) is 0 Å². The molecule has 3 N–H and O–H groups in total. The zero-order chi connectivity index (χ0) is 26.3. The first kappa shape index (κ1) is 30.0. The lowest BCUT2D eigenvalue weighted by molar-refractivity contribution is -0.134. The highest BCUT2D eigenvalue weighted by Gasteiger charge is 2.25. The summed E-state index contributed by atoms with van der Waals surface area (Å²) in [7, 11) is 0. The Hall–Kier alpha value is -2.04. The summed E-state index contributed by atoms with van der Waals surface area (Å²) in [4.78, 5) is 39.7. The number of amides is 1. The Bertz CT molecular complexity index is 646. The molecule has 0 heterocycles. The first-order chi connectivity index (χ1) is 16.8. The maximum Gasteiger partial charge on any atom is 0.223 e. The molecule has 1 amide bonds. The largest absolute Gasteiger partial charge is 0.394 e. The normalized spacial score (nSPS) is 13.1. The summed E-state index contributed by atoms with van der Waals surface area (Å²) < 4.78 is 17.6. The minimum Gasteiger partial charge on any atom is -0.394 e. The summed E-state index contributed by atoms with van der Waals surface area (Å²) >= 11 is 0. The zero-order valence-electron chi connectivity index (χ0n) is 21.7. The Kier molecular flexibility index (Phi) is 19.0. The molecule has 2 unspecified atom stereocenters. The molecular formula is C23H43N5O6. The molecule has 0 saturated carbocycles. The van der Waals surface area contributed by atoms with Crippen molar-refractivity contribution in [3.8, 4) is 0 Å². The second-order valence-electron chi connectivity index (χ2n) is 8.43. The third-order valence-corrected chi connectivity index (χ3v) is 5.18. The van der Waals surface area contributed by atoms with Crippen molar-refractivity contribution in [2.45, 2.75) is 65.3 Å². The van der Waals surface area contributed by atoms with Crippen LogP contribution < -0.4 is 10.6 Å². The summed E-state index contributed by atoms with van der Waals surface area (Å²) in [5.74, 6) is -1.14. The van der Waals surface area contributed by atoms with Gasteiger partial charge < -0.3 is 25.2 Å². The smallest absolute Gasteiger partial charge is 0.223 e. The first-order valence-electron chi connectivity index (χ1n) is 12.7. The molecule has 0 aliphatic carbocycles. The van der Waals surface area contributed by atoms with Gasteiger partial charge in [0.2, 0.25) is 5.91 Å². The monoisotopic (exact) mass is 487 g/mol. The van der Waals surface area contributed by atoms with E-state index in [1.54, 1.807) is 0 Å². The maximum atomic E-state index is 12.8. The molecule has 196 valence electrons. The van der Waals surface area contributed by atoms with E-state index in [2.05, 4.69) is 20.7 Å². The van der Waals surface area contributed by atoms with Gasteiger partial charge in [0, 0.05) is 38.2 Å². The van der Waals surface area contributed by atoms with E-state index in [1.165, 1.54) is 0 Å². The number of rotatable bonds is 23. The Morgan fingerprint density at radius 1 is 1.12 bits per heavy atom. The summed E-state index contributed by atoms with van der Waals surface area (Å²) in [5, 5.41) is 18.8. The number of ketones is 2. The quantitative estimate of drug-likeness (QED) is 0.0860. The van der Waals surface area contributed by atoms with Gasteiger partial charge in [0.05, 0.1) is 19.3 Å². The molecule has 0 aliphatic heterocycles. The molecule has 0 aromatic carbocycles. The van der Waals surface area contributed by atoms with Gasteiger partial charge in [0.25, 0.3) is 0 Å². The molecule has 0 saturated heterocycles. The van der Waals surface area contributed by atoms with Crippen molar-refractivity contribution in [1.82, 2.24) is 10.6 Å². The number of Topliss-reactive ketones (excluding diaryl/α,β-unsaturated/α-hetero) is 2. The van der Waals surface area contributed by atoms with Crippen LogP contribution in [0.1, 0.15) is 60.6 Å². The van der Waals surface area contributed by atoms with Gasteiger partial charge in [0.15, 0.2) is 11.6 Å². The molecule has 0 fully saturated rings. The number of aliphatic hydroxyl groups is 1. The number of hydrogen-bond acceptors (Lipinski definition) is 8. The van der Waals surface area contributed by atoms with Crippen molar-refractivity contribution in [2.24, 2.45) is 17.0 Å². The summed E-state index contributed by atoms with van der Waals surface area (Å²) in [5.41, 5.74) is 8.16. The van der Waals surface area contributed by atoms with Crippen LogP contribution in [-0.2, 0) is 23.9 Å². The van der Waals surface area contributed by atoms with E-state index in [4.69, 9.17) is 16.4 Å². The van der Waals surface area contributed by atoms with Gasteiger partial charge in [-0.2, -0.15) is 0 Å². The van der Waals surface area contributed by atoms with E-state index >= 15 is 0 Å². The third-order valence-electron chi connectivity index (χ3n) is 5.18. The molecule has 0 aliphatic rings. The molecule has 11 heteroatoms. The van der Waals surface area contributed by atoms with Crippen LogP contribution >= 0.6 is 0 Å². The fraction of sp³-hybridized carbons (Fsp3) is 0.870. The summed E-state index contributed by atoms with van der Waals surface area (Å²) in [6.07, 6.45) is 2.86. The highest BCUT2D eigenvalue weighted by atomic mass is 16.5. The Morgan fingerprint density at radius 3 is 2.56 bits per heavy atom. The minimum absolute atomic E-state index is 0.00936. The number of carbonyl (C=O) groups is 3. The molecule has 0 rings (SSSR count). The zero-order valence-corrected chi connectivity index (χ0v) is 20.7. The average Bonchev–Trinajstić information content (AvgIpc) is 2.82. The third kappa shape index (κ3) is 17.4. The number of nitrogens with one attached hydrogen (secondary N) is 2. The van der Waals surface area contributed by atoms with Gasteiger partial charge in [-0.3, -0.25) is 14.4 Å². The van der Waals surface area contributed by atoms with Crippen molar-refractivity contribution in [3.05, 3.63) is 10.4 Å². The molecule has 0 aromatic heterocycles. The first-order valence-corrected chi connectivity index (χ1v) is 12.0. The summed E-state index contributed by atoms with van der Waals surface area (Å²) in [6, 6.07) is -0.379. The molecule has 34 heavy (non-hydrogen) atoms. The number of nitrogens with zero attached hydrogens (tertiary/aromatic N) is 3. The van der Waals surface area contributed by atoms with E-state index in [0.717, 1.165) is 19.4 Å². The van der Waals surface area contributed by atoms with Crippen molar-refractivity contribution < 1.29 is 30.3 Å². The van der Waals surface area contributed by atoms with E-state index in [9.17, 15) is 19.5 Å². The van der Waals surface area contributed by atoms with Crippen LogP contribution in [-0.4, -0.2) is 81.3 Å². The van der Waals surface area contributed by atoms with Crippen LogP contribution in [0.15, 0.2) is 5.11 Å². The molecular weight excluding hydrogens is 442 g/mol. The fourth-order valence-corrected chi connectivity index (χ4v) is 3.12. The van der Waals surface area contributed by atoms with Crippen LogP contribution in [0, 0.1) is 11.8 Å². The highest BCUT2D eigenvalue weighted by Crippen LogP contribution is 2.15. The van der Waals surface area contributed by atoms with E-state index in [0.29, 0.717) is 39.5 Å². The summed E-state index contributed by atoms with van der Waals surface area (Å²) in [6.45, 7) is 5.81. The number of azide groups is 1. The van der Waals surface area contributed by atoms with Gasteiger partial charge in [0.1, 0.15) is 13.2 Å². The Morgan fingerprint density at radius 2 is 1.88 bits per heavy atom. The standard InChI is InChI=1S/C23H43N5O6/c1-4-25-10-6-5-8-19(23(32)27-22(15-29)18(2)3)14-21(31)17-34-16-20(30)9-7-12-33-13-11-26-28-24/h18-19,22,25,29H,4-17H2,1-3H3,(H,27,32)/i1T. The lowest BCUT2D eigenvalue weighted by atomic mass is 9.94. The Labute approximate surface area is 204 Å². The Balaban J connectivity index is 4.43. The number of unbranched alkanes of at least 4 members (excludes halogenated alkanes) is 1. The lowest BCUT2D eigenvalue weighted by Crippen LogP contribution is -2.44. The van der Waals surface area contributed by atoms with Crippen LogP contribution in [0.5, 0.6) is 0 Å². The number of aliphatic hydroxyl groups excluding tert-OH is 1. The van der Waals surface area contributed by atoms with E-state index in [1.807, 2.05) is 13.8 Å². The van der Waals surface area contributed by atoms with Crippen LogP contribution in [0.3, 0.4) is 0 Å². The lowest BCUT2D eigenvalue weighted by Gasteiger charge is -2.23. The van der Waals surface area contributed by atoms with Gasteiger partial charge in [-0.25, -0.2) is 0 Å². The van der Waals surface area contributed by atoms with Crippen molar-refractivity contribution in [3.63, 3.8) is 0 Å². The molecule has 0 aromatic rings. The van der Waals surface area contributed by atoms with Crippen molar-refractivity contribution >= 4 is 17.5 Å². The maximum absolute atomic E-state index is 12.8. The highest BCUT2D eigenvalue weighted by molar-refractivity contribution is 5.87.